The summed E-state index contributed by atoms with van der Waals surface area (Å²) in [6, 6.07) is 10.2. The molecule has 0 saturated heterocycles. The van der Waals surface area contributed by atoms with Crippen molar-refractivity contribution in [3.05, 3.63) is 62.6 Å². The highest BCUT2D eigenvalue weighted by Gasteiger charge is 2.10. The molecular weight excluding hydrogens is 379 g/mol. The fraction of sp³-hybridized carbons (Fsp3) is 0. The quantitative estimate of drug-likeness (QED) is 0.690. The Morgan fingerprint density at radius 3 is 2.67 bits per heavy atom. The molecule has 0 unspecified atom stereocenters. The molecule has 21 heavy (non-hydrogen) atoms. The largest absolute Gasteiger partial charge is 0.478 e. The Kier molecular flexibility index (Phi) is 5.28. The van der Waals surface area contributed by atoms with Crippen LogP contribution in [0.5, 0.6) is 11.5 Å². The number of hydrogen-bond donors (Lipinski definition) is 1. The van der Waals surface area contributed by atoms with E-state index in [2.05, 4.69) is 15.9 Å². The van der Waals surface area contributed by atoms with Crippen molar-refractivity contribution in [2.24, 2.45) is 0 Å². The first-order chi connectivity index (χ1) is 9.97. The minimum absolute atomic E-state index is 0.375. The van der Waals surface area contributed by atoms with Crippen LogP contribution in [0.25, 0.3) is 6.08 Å². The van der Waals surface area contributed by atoms with Gasteiger partial charge in [-0.2, -0.15) is 0 Å². The van der Waals surface area contributed by atoms with Crippen LogP contribution >= 0.6 is 39.1 Å². The molecule has 0 atom stereocenters. The van der Waals surface area contributed by atoms with Gasteiger partial charge in [0.2, 0.25) is 0 Å². The summed E-state index contributed by atoms with van der Waals surface area (Å²) < 4.78 is 6.45. The maximum atomic E-state index is 10.6. The number of aliphatic carboxylic acids is 1. The molecular formula is C15H9BrCl2O3. The van der Waals surface area contributed by atoms with Gasteiger partial charge in [0, 0.05) is 16.7 Å². The zero-order valence-electron chi connectivity index (χ0n) is 10.5. The number of para-hydroxylation sites is 1. The lowest BCUT2D eigenvalue weighted by molar-refractivity contribution is -0.131. The van der Waals surface area contributed by atoms with Gasteiger partial charge in [0.05, 0.1) is 9.50 Å². The Balaban J connectivity index is 2.41. The molecule has 0 aliphatic rings. The molecule has 2 aromatic carbocycles. The molecule has 0 fully saturated rings. The number of rotatable bonds is 4. The van der Waals surface area contributed by atoms with Crippen molar-refractivity contribution < 1.29 is 14.6 Å². The second kappa shape index (κ2) is 6.98. The summed E-state index contributed by atoms with van der Waals surface area (Å²) >= 11 is 15.4. The van der Waals surface area contributed by atoms with Gasteiger partial charge in [-0.1, -0.05) is 35.3 Å². The molecule has 2 rings (SSSR count). The average Bonchev–Trinajstić information content (AvgIpc) is 2.42. The van der Waals surface area contributed by atoms with Crippen LogP contribution in [0.3, 0.4) is 0 Å². The van der Waals surface area contributed by atoms with Crippen molar-refractivity contribution in [2.75, 3.05) is 0 Å². The number of hydrogen-bond acceptors (Lipinski definition) is 2. The van der Waals surface area contributed by atoms with Crippen molar-refractivity contribution in [2.45, 2.75) is 0 Å². The van der Waals surface area contributed by atoms with E-state index in [4.69, 9.17) is 33.0 Å². The van der Waals surface area contributed by atoms with Crippen LogP contribution in [0.1, 0.15) is 5.56 Å². The van der Waals surface area contributed by atoms with Crippen LogP contribution in [-0.2, 0) is 4.79 Å². The molecule has 108 valence electrons. The third-order valence-electron chi connectivity index (χ3n) is 2.51. The van der Waals surface area contributed by atoms with E-state index in [1.807, 2.05) is 0 Å². The predicted octanol–water partition coefficient (Wildman–Crippen LogP) is 5.65. The Morgan fingerprint density at radius 2 is 2.00 bits per heavy atom. The first kappa shape index (κ1) is 15.9. The smallest absolute Gasteiger partial charge is 0.328 e. The zero-order valence-corrected chi connectivity index (χ0v) is 13.6. The summed E-state index contributed by atoms with van der Waals surface area (Å²) in [6.07, 6.45) is 2.45. The molecule has 0 saturated carbocycles. The molecule has 0 radical (unpaired) electrons. The Morgan fingerprint density at radius 1 is 1.24 bits per heavy atom. The summed E-state index contributed by atoms with van der Waals surface area (Å²) in [5, 5.41) is 9.66. The molecule has 3 nitrogen and oxygen atoms in total. The van der Waals surface area contributed by atoms with Gasteiger partial charge in [0.15, 0.2) is 5.75 Å². The molecule has 1 N–H and O–H groups in total. The Labute approximate surface area is 139 Å². The minimum atomic E-state index is -1.05. The van der Waals surface area contributed by atoms with Gasteiger partial charge >= 0.3 is 5.97 Å². The van der Waals surface area contributed by atoms with E-state index in [9.17, 15) is 4.79 Å². The number of ether oxygens (including phenoxy) is 1. The summed E-state index contributed by atoms with van der Waals surface area (Å²) in [7, 11) is 0. The van der Waals surface area contributed by atoms with E-state index in [0.717, 1.165) is 6.08 Å². The molecule has 0 aliphatic carbocycles. The van der Waals surface area contributed by atoms with Gasteiger partial charge < -0.3 is 9.84 Å². The van der Waals surface area contributed by atoms with Crippen LogP contribution in [-0.4, -0.2) is 11.1 Å². The molecule has 0 amide bonds. The summed E-state index contributed by atoms with van der Waals surface area (Å²) in [6.45, 7) is 0. The fourth-order valence-corrected chi connectivity index (χ4v) is 2.58. The van der Waals surface area contributed by atoms with E-state index in [0.29, 0.717) is 31.6 Å². The standard InChI is InChI=1S/C15H9BrCl2O3/c16-11-8-10(17)5-6-13(11)21-15-9(4-7-14(19)20)2-1-3-12(15)18/h1-8H,(H,19,20)/b7-4+. The van der Waals surface area contributed by atoms with Crippen LogP contribution in [0.15, 0.2) is 46.9 Å². The number of carboxylic acids is 1. The molecule has 2 aromatic rings. The monoisotopic (exact) mass is 386 g/mol. The lowest BCUT2D eigenvalue weighted by Crippen LogP contribution is -1.91. The predicted molar refractivity (Wildman–Crippen MR) is 87.3 cm³/mol. The van der Waals surface area contributed by atoms with Crippen molar-refractivity contribution in [1.82, 2.24) is 0 Å². The van der Waals surface area contributed by atoms with E-state index < -0.39 is 5.97 Å². The highest BCUT2D eigenvalue weighted by molar-refractivity contribution is 9.10. The second-order valence-corrected chi connectivity index (χ2v) is 5.70. The van der Waals surface area contributed by atoms with E-state index in [-0.39, 0.29) is 0 Å². The third-order valence-corrected chi connectivity index (χ3v) is 3.66. The summed E-state index contributed by atoms with van der Waals surface area (Å²) in [5.74, 6) is -0.147. The summed E-state index contributed by atoms with van der Waals surface area (Å²) in [5.41, 5.74) is 0.562. The van der Waals surface area contributed by atoms with Gasteiger partial charge in [0.25, 0.3) is 0 Å². The fourth-order valence-electron chi connectivity index (χ4n) is 1.59. The number of benzene rings is 2. The molecule has 0 bridgehead atoms. The van der Waals surface area contributed by atoms with Crippen molar-refractivity contribution >= 4 is 51.2 Å². The maximum Gasteiger partial charge on any atom is 0.328 e. The van der Waals surface area contributed by atoms with Crippen molar-refractivity contribution in [3.8, 4) is 11.5 Å². The van der Waals surface area contributed by atoms with Crippen LogP contribution in [0.4, 0.5) is 0 Å². The third kappa shape index (κ3) is 4.24. The van der Waals surface area contributed by atoms with Crippen LogP contribution < -0.4 is 4.74 Å². The zero-order chi connectivity index (χ0) is 15.4. The Bertz CT molecular complexity index is 714. The van der Waals surface area contributed by atoms with Gasteiger partial charge in [-0.3, -0.25) is 0 Å². The first-order valence-electron chi connectivity index (χ1n) is 5.80. The van der Waals surface area contributed by atoms with Crippen molar-refractivity contribution in [1.29, 1.82) is 0 Å². The second-order valence-electron chi connectivity index (χ2n) is 4.01. The van der Waals surface area contributed by atoms with Gasteiger partial charge in [0.1, 0.15) is 5.75 Å². The van der Waals surface area contributed by atoms with E-state index in [1.54, 1.807) is 36.4 Å². The highest BCUT2D eigenvalue weighted by atomic mass is 79.9. The normalized spacial score (nSPS) is 10.8. The Hall–Kier alpha value is -1.49. The SMILES string of the molecule is O=C(O)/C=C/c1cccc(Cl)c1Oc1ccc(Cl)cc1Br. The van der Waals surface area contributed by atoms with Gasteiger partial charge in [-0.05, 0) is 46.3 Å². The topological polar surface area (TPSA) is 46.5 Å². The molecule has 6 heteroatoms. The molecule has 0 aliphatic heterocycles. The average molecular weight is 388 g/mol. The lowest BCUT2D eigenvalue weighted by Gasteiger charge is -2.12. The van der Waals surface area contributed by atoms with E-state index >= 15 is 0 Å². The van der Waals surface area contributed by atoms with Crippen molar-refractivity contribution in [3.63, 3.8) is 0 Å². The molecule has 0 spiro atoms. The lowest BCUT2D eigenvalue weighted by atomic mass is 10.2. The molecule has 0 heterocycles. The van der Waals surface area contributed by atoms with E-state index in [1.165, 1.54) is 6.08 Å². The number of carboxylic acid groups (broad SMARTS) is 1. The number of carbonyl (C=O) groups is 1. The van der Waals surface area contributed by atoms with Crippen LogP contribution in [0.2, 0.25) is 10.0 Å². The number of halogens is 3. The van der Waals surface area contributed by atoms with Crippen LogP contribution in [0, 0.1) is 0 Å². The minimum Gasteiger partial charge on any atom is -0.478 e. The summed E-state index contributed by atoms with van der Waals surface area (Å²) in [4.78, 5) is 10.6. The van der Waals surface area contributed by atoms with Gasteiger partial charge in [-0.15, -0.1) is 0 Å². The molecule has 0 aromatic heterocycles. The highest BCUT2D eigenvalue weighted by Crippen LogP contribution is 2.37. The maximum absolute atomic E-state index is 10.6. The first-order valence-corrected chi connectivity index (χ1v) is 7.34. The van der Waals surface area contributed by atoms with Gasteiger partial charge in [-0.25, -0.2) is 4.79 Å².